The van der Waals surface area contributed by atoms with Crippen LogP contribution in [0.4, 0.5) is 0 Å². The van der Waals surface area contributed by atoms with E-state index in [0.717, 1.165) is 12.8 Å². The average Bonchev–Trinajstić information content (AvgIpc) is 2.51. The molecule has 0 heterocycles. The number of Topliss-reactive ketones (excluding diaryl/α,β-unsaturated/α-hetero) is 1. The molecule has 102 valence electrons. The highest BCUT2D eigenvalue weighted by molar-refractivity contribution is 9.10. The molecule has 2 fully saturated rings. The Morgan fingerprint density at radius 3 is 2.28 bits per heavy atom. The van der Waals surface area contributed by atoms with Crippen LogP contribution < -0.4 is 5.43 Å². The second-order valence-electron chi connectivity index (χ2n) is 6.49. The van der Waals surface area contributed by atoms with Gasteiger partial charge in [0, 0.05) is 19.5 Å². The van der Waals surface area contributed by atoms with Crippen molar-refractivity contribution in [1.82, 2.24) is 10.4 Å². The normalized spacial score (nSPS) is 41.5. The largest absolute Gasteiger partial charge is 0.298 e. The van der Waals surface area contributed by atoms with Crippen LogP contribution in [0.25, 0.3) is 0 Å². The Balaban J connectivity index is 2.49. The molecular formula is C13H21BrN2O2. The second kappa shape index (κ2) is 3.79. The van der Waals surface area contributed by atoms with Gasteiger partial charge in [-0.1, -0.05) is 36.7 Å². The topological polar surface area (TPSA) is 49.4 Å². The number of carbonyl (C=O) groups excluding carboxylic acids is 2. The van der Waals surface area contributed by atoms with E-state index >= 15 is 0 Å². The summed E-state index contributed by atoms with van der Waals surface area (Å²) in [6, 6.07) is 0. The fraction of sp³-hybridized carbons (Fsp3) is 0.846. The number of hydrogen-bond acceptors (Lipinski definition) is 3. The summed E-state index contributed by atoms with van der Waals surface area (Å²) >= 11 is 3.49. The average molecular weight is 317 g/mol. The lowest BCUT2D eigenvalue weighted by Gasteiger charge is -2.40. The molecule has 0 radical (unpaired) electrons. The predicted molar refractivity (Wildman–Crippen MR) is 73.1 cm³/mol. The van der Waals surface area contributed by atoms with Crippen LogP contribution in [-0.4, -0.2) is 35.6 Å². The zero-order valence-electron chi connectivity index (χ0n) is 11.6. The van der Waals surface area contributed by atoms with Crippen LogP contribution in [-0.2, 0) is 9.59 Å². The van der Waals surface area contributed by atoms with Gasteiger partial charge in [-0.25, -0.2) is 5.01 Å². The number of hydrazine groups is 1. The number of amides is 1. The van der Waals surface area contributed by atoms with Gasteiger partial charge in [-0.2, -0.15) is 0 Å². The number of rotatable bonds is 2. The predicted octanol–water partition coefficient (Wildman–Crippen LogP) is 1.74. The molecule has 0 aromatic carbocycles. The van der Waals surface area contributed by atoms with Crippen LogP contribution in [0, 0.1) is 16.2 Å². The number of nitrogens with one attached hydrogen (secondary N) is 1. The first-order valence-corrected chi connectivity index (χ1v) is 7.19. The lowest BCUT2D eigenvalue weighted by molar-refractivity contribution is -0.140. The van der Waals surface area contributed by atoms with E-state index in [9.17, 15) is 9.59 Å². The molecule has 0 aromatic heterocycles. The minimum atomic E-state index is -0.636. The summed E-state index contributed by atoms with van der Waals surface area (Å²) in [5.74, 6) is 0.126. The van der Waals surface area contributed by atoms with E-state index in [1.54, 1.807) is 19.1 Å². The molecule has 18 heavy (non-hydrogen) atoms. The number of halogens is 1. The number of hydrogen-bond donors (Lipinski definition) is 1. The molecule has 2 bridgehead atoms. The molecule has 2 saturated carbocycles. The summed E-state index contributed by atoms with van der Waals surface area (Å²) < 4.78 is 0. The Kier molecular flexibility index (Phi) is 2.95. The number of carbonyl (C=O) groups is 2. The van der Waals surface area contributed by atoms with E-state index in [0.29, 0.717) is 0 Å². The van der Waals surface area contributed by atoms with Crippen LogP contribution in [0.15, 0.2) is 0 Å². The molecule has 4 nitrogen and oxygen atoms in total. The molecule has 0 aromatic rings. The fourth-order valence-electron chi connectivity index (χ4n) is 3.76. The molecular weight excluding hydrogens is 296 g/mol. The first-order chi connectivity index (χ1) is 8.11. The van der Waals surface area contributed by atoms with E-state index in [-0.39, 0.29) is 21.9 Å². The van der Waals surface area contributed by atoms with Crippen molar-refractivity contribution in [2.24, 2.45) is 16.2 Å². The summed E-state index contributed by atoms with van der Waals surface area (Å²) in [4.78, 5) is 24.7. The highest BCUT2D eigenvalue weighted by atomic mass is 79.9. The highest BCUT2D eigenvalue weighted by Crippen LogP contribution is 2.72. The number of nitrogens with zero attached hydrogens (tertiary/aromatic N) is 1. The lowest BCUT2D eigenvalue weighted by atomic mass is 9.64. The number of alkyl halides is 1. The minimum absolute atomic E-state index is 0.0473. The zero-order valence-corrected chi connectivity index (χ0v) is 13.2. The van der Waals surface area contributed by atoms with E-state index in [2.05, 4.69) is 35.2 Å². The lowest BCUT2D eigenvalue weighted by Crippen LogP contribution is -2.53. The highest BCUT2D eigenvalue weighted by Gasteiger charge is 2.76. The molecule has 0 aliphatic heterocycles. The van der Waals surface area contributed by atoms with Gasteiger partial charge in [0.15, 0.2) is 5.78 Å². The molecule has 2 aliphatic rings. The van der Waals surface area contributed by atoms with Crippen molar-refractivity contribution >= 4 is 27.6 Å². The first-order valence-electron chi connectivity index (χ1n) is 6.28. The van der Waals surface area contributed by atoms with Gasteiger partial charge in [-0.3, -0.25) is 15.0 Å². The van der Waals surface area contributed by atoms with Gasteiger partial charge in [0.1, 0.15) is 0 Å². The molecule has 0 spiro atoms. The number of fused-ring (bicyclic) bond motifs is 2. The maximum absolute atomic E-state index is 12.6. The van der Waals surface area contributed by atoms with Crippen molar-refractivity contribution in [2.75, 3.05) is 14.1 Å². The van der Waals surface area contributed by atoms with Crippen LogP contribution in [0.2, 0.25) is 0 Å². The summed E-state index contributed by atoms with van der Waals surface area (Å²) in [6.07, 6.45) is 1.56. The molecule has 1 N–H and O–H groups in total. The third-order valence-electron chi connectivity index (χ3n) is 5.45. The Morgan fingerprint density at radius 2 is 1.89 bits per heavy atom. The molecule has 5 heteroatoms. The van der Waals surface area contributed by atoms with Gasteiger partial charge in [0.05, 0.1) is 10.2 Å². The molecule has 3 atom stereocenters. The van der Waals surface area contributed by atoms with Gasteiger partial charge >= 0.3 is 0 Å². The molecule has 2 rings (SSSR count). The monoisotopic (exact) mass is 316 g/mol. The Hall–Kier alpha value is -0.420. The standard InChI is InChI=1S/C13H21BrN2O2/c1-11(2)12(3)6-7-13(11,8(14)9(12)17)10(18)15-16(4)5/h8H,6-7H2,1-5H3,(H,15,18)/t8-,12+,13-/m1/s1. The van der Waals surface area contributed by atoms with Crippen LogP contribution in [0.3, 0.4) is 0 Å². The Bertz CT molecular complexity index is 421. The van der Waals surface area contributed by atoms with Crippen molar-refractivity contribution < 1.29 is 9.59 Å². The number of ketones is 1. The van der Waals surface area contributed by atoms with Crippen LogP contribution in [0.5, 0.6) is 0 Å². The summed E-state index contributed by atoms with van der Waals surface area (Å²) in [7, 11) is 3.57. The van der Waals surface area contributed by atoms with Gasteiger partial charge in [0.2, 0.25) is 5.91 Å². The maximum Gasteiger partial charge on any atom is 0.242 e. The van der Waals surface area contributed by atoms with Crippen molar-refractivity contribution in [3.8, 4) is 0 Å². The third kappa shape index (κ3) is 1.29. The Labute approximate surface area is 117 Å². The van der Waals surface area contributed by atoms with Crippen molar-refractivity contribution in [3.05, 3.63) is 0 Å². The molecule has 0 saturated heterocycles. The van der Waals surface area contributed by atoms with Crippen LogP contribution >= 0.6 is 15.9 Å². The smallest absolute Gasteiger partial charge is 0.242 e. The molecule has 0 unspecified atom stereocenters. The maximum atomic E-state index is 12.6. The first kappa shape index (κ1) is 14.0. The zero-order chi connectivity index (χ0) is 13.9. The summed E-state index contributed by atoms with van der Waals surface area (Å²) in [5.41, 5.74) is 1.48. The van der Waals surface area contributed by atoms with Crippen molar-refractivity contribution in [1.29, 1.82) is 0 Å². The van der Waals surface area contributed by atoms with E-state index in [1.807, 2.05) is 6.92 Å². The van der Waals surface area contributed by atoms with Crippen LogP contribution in [0.1, 0.15) is 33.6 Å². The van der Waals surface area contributed by atoms with E-state index < -0.39 is 10.8 Å². The van der Waals surface area contributed by atoms with Gasteiger partial charge in [-0.15, -0.1) is 0 Å². The third-order valence-corrected chi connectivity index (χ3v) is 6.65. The van der Waals surface area contributed by atoms with Crippen molar-refractivity contribution in [3.63, 3.8) is 0 Å². The Morgan fingerprint density at radius 1 is 1.33 bits per heavy atom. The second-order valence-corrected chi connectivity index (χ2v) is 7.41. The molecule has 2 aliphatic carbocycles. The molecule has 1 amide bonds. The van der Waals surface area contributed by atoms with Gasteiger partial charge < -0.3 is 0 Å². The van der Waals surface area contributed by atoms with Crippen molar-refractivity contribution in [2.45, 2.75) is 38.4 Å². The quantitative estimate of drug-likeness (QED) is 0.623. The minimum Gasteiger partial charge on any atom is -0.298 e. The van der Waals surface area contributed by atoms with E-state index in [1.165, 1.54) is 0 Å². The SMILES string of the molecule is CN(C)NC(=O)[C@@]12CC[C@@](C)(C(=O)[C@H]1Br)C2(C)C. The summed E-state index contributed by atoms with van der Waals surface area (Å²) in [5, 5.41) is 1.64. The van der Waals surface area contributed by atoms with Gasteiger partial charge in [0.25, 0.3) is 0 Å². The fourth-order valence-corrected chi connectivity index (χ4v) is 5.27. The van der Waals surface area contributed by atoms with Gasteiger partial charge in [-0.05, 0) is 18.3 Å². The van der Waals surface area contributed by atoms with E-state index in [4.69, 9.17) is 0 Å². The summed E-state index contributed by atoms with van der Waals surface area (Å²) in [6.45, 7) is 6.10.